The molecule has 216 valence electrons. The summed E-state index contributed by atoms with van der Waals surface area (Å²) in [6, 6.07) is 0. The van der Waals surface area contributed by atoms with Crippen LogP contribution in [0.1, 0.15) is 188 Å². The van der Waals surface area contributed by atoms with Crippen molar-refractivity contribution < 1.29 is 14.6 Å². The van der Waals surface area contributed by atoms with E-state index < -0.39 is 0 Å². The maximum absolute atomic E-state index is 11.7. The highest BCUT2D eigenvalue weighted by atomic mass is 16.5. The lowest BCUT2D eigenvalue weighted by Gasteiger charge is -2.20. The zero-order chi connectivity index (χ0) is 26.6. The van der Waals surface area contributed by atoms with Crippen molar-refractivity contribution in [3.63, 3.8) is 0 Å². The smallest absolute Gasteiger partial charge is 0.305 e. The molecule has 0 fully saturated rings. The van der Waals surface area contributed by atoms with E-state index in [1.807, 2.05) is 13.8 Å². The zero-order valence-electron chi connectivity index (χ0n) is 25.1. The first-order valence-corrected chi connectivity index (χ1v) is 16.3. The summed E-state index contributed by atoms with van der Waals surface area (Å²) in [5.41, 5.74) is -0.332. The van der Waals surface area contributed by atoms with E-state index in [1.54, 1.807) is 0 Å². The summed E-state index contributed by atoms with van der Waals surface area (Å²) in [7, 11) is 0. The van der Waals surface area contributed by atoms with Crippen molar-refractivity contribution in [2.75, 3.05) is 13.2 Å². The van der Waals surface area contributed by atoms with E-state index in [4.69, 9.17) is 4.74 Å². The second-order valence-electron chi connectivity index (χ2n) is 12.2. The number of ether oxygens (including phenoxy) is 1. The Balaban J connectivity index is 3.14. The van der Waals surface area contributed by atoms with Crippen LogP contribution in [0, 0.1) is 5.41 Å². The number of rotatable bonds is 29. The number of unbranched alkanes of at least 4 members (excludes halogenated alkanes) is 24. The average molecular weight is 511 g/mol. The number of hydrogen-bond acceptors (Lipinski definition) is 3. The van der Waals surface area contributed by atoms with E-state index in [-0.39, 0.29) is 18.0 Å². The minimum atomic E-state index is -0.332. The molecular weight excluding hydrogens is 444 g/mol. The third-order valence-electron chi connectivity index (χ3n) is 7.54. The lowest BCUT2D eigenvalue weighted by atomic mass is 9.96. The molecule has 0 aromatic carbocycles. The van der Waals surface area contributed by atoms with E-state index >= 15 is 0 Å². The van der Waals surface area contributed by atoms with Crippen LogP contribution in [0.2, 0.25) is 0 Å². The summed E-state index contributed by atoms with van der Waals surface area (Å²) in [5.74, 6) is -0.120. The van der Waals surface area contributed by atoms with Gasteiger partial charge < -0.3 is 9.84 Å². The predicted molar refractivity (Wildman–Crippen MR) is 158 cm³/mol. The van der Waals surface area contributed by atoms with Gasteiger partial charge in [-0.25, -0.2) is 0 Å². The third-order valence-corrected chi connectivity index (χ3v) is 7.54. The Morgan fingerprint density at radius 3 is 1.08 bits per heavy atom. The molecule has 0 radical (unpaired) electrons. The molecule has 0 aliphatic carbocycles. The van der Waals surface area contributed by atoms with Crippen molar-refractivity contribution in [1.82, 2.24) is 0 Å². The molecule has 3 nitrogen and oxygen atoms in total. The number of aliphatic hydroxyl groups excluding tert-OH is 1. The molecule has 0 aliphatic rings. The normalized spacial score (nSPS) is 11.8. The van der Waals surface area contributed by atoms with E-state index in [0.717, 1.165) is 12.8 Å². The summed E-state index contributed by atoms with van der Waals surface area (Å²) in [6.07, 6.45) is 35.2. The predicted octanol–water partition coefficient (Wildman–Crippen LogP) is 10.7. The lowest BCUT2D eigenvalue weighted by molar-refractivity contribution is -0.147. The molecule has 0 aromatic rings. The van der Waals surface area contributed by atoms with E-state index in [2.05, 4.69) is 6.92 Å². The van der Waals surface area contributed by atoms with Gasteiger partial charge in [0, 0.05) is 11.8 Å². The molecule has 0 bridgehead atoms. The van der Waals surface area contributed by atoms with Crippen LogP contribution in [0.4, 0.5) is 0 Å². The Bertz CT molecular complexity index is 446. The Kier molecular flexibility index (Phi) is 27.0. The maximum Gasteiger partial charge on any atom is 0.305 e. The minimum absolute atomic E-state index is 0.0415. The van der Waals surface area contributed by atoms with Crippen molar-refractivity contribution >= 4 is 5.97 Å². The van der Waals surface area contributed by atoms with Crippen LogP contribution in [-0.4, -0.2) is 24.3 Å². The van der Waals surface area contributed by atoms with Gasteiger partial charge in [0.05, 0.1) is 13.2 Å². The molecule has 0 spiro atoms. The highest BCUT2D eigenvalue weighted by molar-refractivity contribution is 5.69. The van der Waals surface area contributed by atoms with Gasteiger partial charge in [-0.05, 0) is 6.42 Å². The molecule has 0 saturated carbocycles. The van der Waals surface area contributed by atoms with Gasteiger partial charge in [0.1, 0.15) is 0 Å². The minimum Gasteiger partial charge on any atom is -0.465 e. The zero-order valence-corrected chi connectivity index (χ0v) is 25.1. The van der Waals surface area contributed by atoms with Crippen LogP contribution in [0.25, 0.3) is 0 Å². The molecule has 0 amide bonds. The van der Waals surface area contributed by atoms with Crippen molar-refractivity contribution in [2.45, 2.75) is 188 Å². The fraction of sp³-hybridized carbons (Fsp3) is 0.970. The van der Waals surface area contributed by atoms with Crippen LogP contribution in [0.15, 0.2) is 0 Å². The summed E-state index contributed by atoms with van der Waals surface area (Å²) in [4.78, 5) is 11.7. The fourth-order valence-corrected chi connectivity index (χ4v) is 4.80. The standard InChI is InChI=1S/C33H66O3/c1-4-5-6-7-8-9-10-11-12-13-14-15-16-17-18-19-20-21-22-23-24-25-26-27-28-29-32(35)36-31-33(2,3)30-34/h34H,4-31H2,1-3H3. The second-order valence-corrected chi connectivity index (χ2v) is 12.2. The van der Waals surface area contributed by atoms with Crippen LogP contribution in [0.3, 0.4) is 0 Å². The summed E-state index contributed by atoms with van der Waals surface area (Å²) in [5, 5.41) is 9.19. The molecule has 0 aromatic heterocycles. The molecule has 1 N–H and O–H groups in total. The first kappa shape index (κ1) is 35.4. The Labute approximate surface area is 226 Å². The third kappa shape index (κ3) is 28.0. The summed E-state index contributed by atoms with van der Waals surface area (Å²) < 4.78 is 5.25. The van der Waals surface area contributed by atoms with Gasteiger partial charge in [-0.15, -0.1) is 0 Å². The van der Waals surface area contributed by atoms with Crippen LogP contribution in [-0.2, 0) is 9.53 Å². The van der Waals surface area contributed by atoms with Gasteiger partial charge in [-0.3, -0.25) is 4.79 Å². The lowest BCUT2D eigenvalue weighted by Crippen LogP contribution is -2.25. The van der Waals surface area contributed by atoms with Gasteiger partial charge >= 0.3 is 5.97 Å². The largest absolute Gasteiger partial charge is 0.465 e. The van der Waals surface area contributed by atoms with E-state index in [1.165, 1.54) is 148 Å². The van der Waals surface area contributed by atoms with Crippen molar-refractivity contribution in [3.8, 4) is 0 Å². The van der Waals surface area contributed by atoms with Gasteiger partial charge in [-0.1, -0.05) is 175 Å². The Hall–Kier alpha value is -0.570. The molecule has 0 aliphatic heterocycles. The van der Waals surface area contributed by atoms with Crippen LogP contribution in [0.5, 0.6) is 0 Å². The molecular formula is C33H66O3. The summed E-state index contributed by atoms with van der Waals surface area (Å²) >= 11 is 0. The van der Waals surface area contributed by atoms with Gasteiger partial charge in [0.15, 0.2) is 0 Å². The SMILES string of the molecule is CCCCCCCCCCCCCCCCCCCCCCCCCCCC(=O)OCC(C)(C)CO. The fourth-order valence-electron chi connectivity index (χ4n) is 4.80. The Morgan fingerprint density at radius 2 is 0.806 bits per heavy atom. The number of carbonyl (C=O) groups is 1. The number of hydrogen-bond donors (Lipinski definition) is 1. The molecule has 0 atom stereocenters. The highest BCUT2D eigenvalue weighted by Crippen LogP contribution is 2.17. The molecule has 0 saturated heterocycles. The van der Waals surface area contributed by atoms with Gasteiger partial charge in [-0.2, -0.15) is 0 Å². The molecule has 0 rings (SSSR count). The van der Waals surface area contributed by atoms with Crippen LogP contribution < -0.4 is 0 Å². The van der Waals surface area contributed by atoms with Crippen molar-refractivity contribution in [2.24, 2.45) is 5.41 Å². The molecule has 3 heteroatoms. The van der Waals surface area contributed by atoms with Crippen molar-refractivity contribution in [1.29, 1.82) is 0 Å². The first-order chi connectivity index (χ1) is 17.5. The topological polar surface area (TPSA) is 46.5 Å². The highest BCUT2D eigenvalue weighted by Gasteiger charge is 2.18. The number of aliphatic hydroxyl groups is 1. The van der Waals surface area contributed by atoms with E-state index in [9.17, 15) is 9.90 Å². The molecule has 0 unspecified atom stereocenters. The monoisotopic (exact) mass is 511 g/mol. The summed E-state index contributed by atoms with van der Waals surface area (Å²) in [6.45, 7) is 6.45. The quantitative estimate of drug-likeness (QED) is 0.0803. The molecule has 0 heterocycles. The number of carbonyl (C=O) groups excluding carboxylic acids is 1. The second kappa shape index (κ2) is 27.5. The van der Waals surface area contributed by atoms with Crippen molar-refractivity contribution in [3.05, 3.63) is 0 Å². The number of esters is 1. The van der Waals surface area contributed by atoms with Gasteiger partial charge in [0.2, 0.25) is 0 Å². The van der Waals surface area contributed by atoms with Crippen LogP contribution >= 0.6 is 0 Å². The molecule has 36 heavy (non-hydrogen) atoms. The maximum atomic E-state index is 11.7. The van der Waals surface area contributed by atoms with E-state index in [0.29, 0.717) is 13.0 Å². The van der Waals surface area contributed by atoms with Gasteiger partial charge in [0.25, 0.3) is 0 Å². The Morgan fingerprint density at radius 1 is 0.528 bits per heavy atom. The average Bonchev–Trinajstić information content (AvgIpc) is 2.87. The first-order valence-electron chi connectivity index (χ1n) is 16.3.